The van der Waals surface area contributed by atoms with E-state index in [0.717, 1.165) is 54.1 Å². The van der Waals surface area contributed by atoms with Crippen LogP contribution in [0.4, 0.5) is 11.4 Å². The summed E-state index contributed by atoms with van der Waals surface area (Å²) in [7, 11) is 0. The van der Waals surface area contributed by atoms with Gasteiger partial charge in [-0.05, 0) is 117 Å². The summed E-state index contributed by atoms with van der Waals surface area (Å²) in [5.41, 5.74) is 40.2. The molecule has 548 valence electrons. The van der Waals surface area contributed by atoms with Crippen LogP contribution in [0.25, 0.3) is 32.3 Å². The Hall–Kier alpha value is -8.14. The molecule has 0 spiro atoms. The largest absolute Gasteiger partial charge is 0.481 e. The number of carboxylic acids is 1. The van der Waals surface area contributed by atoms with Crippen molar-refractivity contribution >= 4 is 46.6 Å². The number of hydrogen-bond donors (Lipinski definition) is 7. The number of aromatic nitrogens is 4. The molecule has 10 N–H and O–H groups in total. The summed E-state index contributed by atoms with van der Waals surface area (Å²) in [5.74, 6) is -2.23. The van der Waals surface area contributed by atoms with Crippen molar-refractivity contribution in [2.24, 2.45) is 38.3 Å². The highest BCUT2D eigenvalue weighted by molar-refractivity contribution is 6.02. The number of rotatable bonds is 49. The Balaban J connectivity index is 0.000000385. The van der Waals surface area contributed by atoms with Crippen LogP contribution in [0, 0.1) is 24.7 Å². The molecule has 2 aliphatic rings. The zero-order valence-corrected chi connectivity index (χ0v) is 58.2. The second-order valence-electron chi connectivity index (χ2n) is 24.4. The molecule has 2 aromatic heterocycles. The molecular weight excluding hydrogens is 1290 g/mol. The number of hydrogen-bond acceptors (Lipinski definition) is 23. The minimum absolute atomic E-state index is 0.113. The maximum Gasteiger partial charge on any atom is 0.309 e. The summed E-state index contributed by atoms with van der Waals surface area (Å²) in [6.45, 7) is 23.5. The molecule has 3 amide bonds. The lowest BCUT2D eigenvalue weighted by atomic mass is 9.75. The van der Waals surface area contributed by atoms with Gasteiger partial charge in [-0.15, -0.1) is 0 Å². The summed E-state index contributed by atoms with van der Waals surface area (Å²) in [6.07, 6.45) is 5.41. The SMILES string of the molecule is Cc1nn(-c2ccc(C(N)=O)c(NCCCOCCOCCOCCOCCOCCCN)c2)c2c1C(=O)CC(C)(C)C2.Cc1nn(-c2ccc(C(N)=O)c(NCCCOCCOCCOCCOCCOCCCNC(=O)CN=[N+]=[N-])c2)c2c1C(=O)CC(C)(C)C2.[N-]=[N+]=NCC(=O)O. The molecule has 0 atom stereocenters. The zero-order chi connectivity index (χ0) is 72.3. The van der Waals surface area contributed by atoms with E-state index < -0.39 is 24.3 Å². The molecule has 0 saturated carbocycles. The van der Waals surface area contributed by atoms with E-state index in [1.54, 1.807) is 18.2 Å². The van der Waals surface area contributed by atoms with Gasteiger partial charge in [0.25, 0.3) is 11.8 Å². The molecule has 0 unspecified atom stereocenters. The summed E-state index contributed by atoms with van der Waals surface area (Å²) in [6, 6.07) is 10.7. The molecule has 2 aliphatic carbocycles. The van der Waals surface area contributed by atoms with E-state index in [9.17, 15) is 28.8 Å². The van der Waals surface area contributed by atoms with Crippen LogP contribution >= 0.6 is 0 Å². The lowest BCUT2D eigenvalue weighted by Gasteiger charge is -2.29. The van der Waals surface area contributed by atoms with Crippen LogP contribution in [0.3, 0.4) is 0 Å². The van der Waals surface area contributed by atoms with Crippen molar-refractivity contribution in [1.29, 1.82) is 0 Å². The van der Waals surface area contributed by atoms with Crippen molar-refractivity contribution in [3.05, 3.63) is 102 Å². The average Bonchev–Trinajstić information content (AvgIpc) is 1.64. The van der Waals surface area contributed by atoms with Gasteiger partial charge in [-0.3, -0.25) is 28.8 Å². The second-order valence-corrected chi connectivity index (χ2v) is 24.4. The van der Waals surface area contributed by atoms with E-state index in [2.05, 4.69) is 73.9 Å². The van der Waals surface area contributed by atoms with Gasteiger partial charge in [0.15, 0.2) is 11.6 Å². The second kappa shape index (κ2) is 47.0. The first kappa shape index (κ1) is 83.3. The number of nitrogens with zero attached hydrogens (tertiary/aromatic N) is 10. The van der Waals surface area contributed by atoms with E-state index in [1.165, 1.54) is 0 Å². The molecule has 0 radical (unpaired) electrons. The van der Waals surface area contributed by atoms with Gasteiger partial charge in [0.2, 0.25) is 5.91 Å². The van der Waals surface area contributed by atoms with Crippen LogP contribution in [0.5, 0.6) is 0 Å². The lowest BCUT2D eigenvalue weighted by Crippen LogP contribution is -2.28. The number of carboxylic acid groups (broad SMARTS) is 1. The molecule has 0 saturated heterocycles. The number of nitrogens with one attached hydrogen (secondary N) is 3. The van der Waals surface area contributed by atoms with Crippen LogP contribution in [-0.2, 0) is 69.8 Å². The highest BCUT2D eigenvalue weighted by Gasteiger charge is 2.37. The number of primary amides is 2. The average molecular weight is 1390 g/mol. The van der Waals surface area contributed by atoms with Gasteiger partial charge in [0.1, 0.15) is 13.1 Å². The number of fused-ring (bicyclic) bond motifs is 2. The first-order valence-electron chi connectivity index (χ1n) is 33.2. The van der Waals surface area contributed by atoms with E-state index in [-0.39, 0.29) is 34.8 Å². The molecule has 2 heterocycles. The van der Waals surface area contributed by atoms with Crippen molar-refractivity contribution in [3.63, 3.8) is 0 Å². The monoisotopic (exact) mass is 1390 g/mol. The van der Waals surface area contributed by atoms with Crippen molar-refractivity contribution in [1.82, 2.24) is 24.9 Å². The minimum Gasteiger partial charge on any atom is -0.481 e. The first-order chi connectivity index (χ1) is 47.6. The third-order valence-corrected chi connectivity index (χ3v) is 14.8. The number of ketones is 2. The number of nitrogens with two attached hydrogens (primary N) is 3. The number of carbonyl (C=O) groups is 6. The van der Waals surface area contributed by atoms with Gasteiger partial charge >= 0.3 is 5.97 Å². The molecule has 0 fully saturated rings. The number of azide groups is 2. The zero-order valence-electron chi connectivity index (χ0n) is 58.2. The highest BCUT2D eigenvalue weighted by Crippen LogP contribution is 2.39. The highest BCUT2D eigenvalue weighted by atomic mass is 16.6. The third-order valence-electron chi connectivity index (χ3n) is 14.8. The van der Waals surface area contributed by atoms with E-state index in [0.29, 0.717) is 223 Å². The maximum atomic E-state index is 12.8. The minimum atomic E-state index is -1.11. The Labute approximate surface area is 577 Å². The Bertz CT molecular complexity index is 3250. The normalized spacial score (nSPS) is 13.3. The molecular formula is C66H102N16O17. The fraction of sp³-hybridized carbons (Fsp3) is 0.636. The smallest absolute Gasteiger partial charge is 0.309 e. The molecule has 2 aromatic carbocycles. The van der Waals surface area contributed by atoms with Crippen molar-refractivity contribution in [3.8, 4) is 11.4 Å². The van der Waals surface area contributed by atoms with Crippen molar-refractivity contribution in [2.45, 2.75) is 92.9 Å². The fourth-order valence-corrected chi connectivity index (χ4v) is 10.3. The Morgan fingerprint density at radius 3 is 1.15 bits per heavy atom. The molecule has 33 heteroatoms. The summed E-state index contributed by atoms with van der Waals surface area (Å²) in [4.78, 5) is 75.4. The topological polar surface area (TPSA) is 462 Å². The van der Waals surface area contributed by atoms with Crippen LogP contribution in [0.1, 0.15) is 130 Å². The molecule has 4 aromatic rings. The first-order valence-corrected chi connectivity index (χ1v) is 33.2. The molecule has 6 rings (SSSR count). The molecule has 0 aliphatic heterocycles. The van der Waals surface area contributed by atoms with Gasteiger partial charge < -0.3 is 85.6 Å². The fourth-order valence-electron chi connectivity index (χ4n) is 10.3. The standard InChI is InChI=1S/C33H50N8O8.C31H49N5O7.C2H3N3O2/c1-24-31-28(21-33(2,3)22-29(31)42)41(39-24)25-6-7-26(32(34)44)27(20-25)36-8-4-10-45-12-14-47-16-18-49-19-17-48-15-13-46-11-5-9-37-30(43)23-38-40-35;1-23-29-27(21-31(2,3)22-28(29)37)36(35-23)24-6-7-25(30(33)38)26(20-24)34-9-5-11-40-13-15-42-17-19-43-18-16-41-14-12-39-10-4-8-32;3-5-4-1-2(6)7/h6-7,20,36H,4-5,8-19,21-23H2,1-3H3,(H2,34,44)(H,37,43);6-7,20,34H,4-5,8-19,21-22,32H2,1-3H3,(H2,33,38);1H2,(H,6,7). The van der Waals surface area contributed by atoms with Crippen LogP contribution in [0.2, 0.25) is 0 Å². The summed E-state index contributed by atoms with van der Waals surface area (Å²) >= 11 is 0. The summed E-state index contributed by atoms with van der Waals surface area (Å²) in [5, 5.41) is 32.3. The van der Waals surface area contributed by atoms with Crippen molar-refractivity contribution < 1.29 is 81.2 Å². The maximum absolute atomic E-state index is 12.8. The van der Waals surface area contributed by atoms with E-state index in [4.69, 9.17) is 80.7 Å². The quantitative estimate of drug-likeness (QED) is 0.0112. The van der Waals surface area contributed by atoms with Crippen LogP contribution in [0.15, 0.2) is 46.6 Å². The number of aryl methyl sites for hydroxylation is 2. The Morgan fingerprint density at radius 2 is 0.838 bits per heavy atom. The number of Topliss-reactive ketones (excluding diaryl/α,β-unsaturated/α-hetero) is 2. The van der Waals surface area contributed by atoms with Gasteiger partial charge in [-0.2, -0.15) is 10.2 Å². The van der Waals surface area contributed by atoms with Crippen LogP contribution in [-0.4, -0.2) is 231 Å². The van der Waals surface area contributed by atoms with Gasteiger partial charge in [0, 0.05) is 80.1 Å². The Kier molecular flexibility index (Phi) is 39.5. The van der Waals surface area contributed by atoms with Gasteiger partial charge in [-0.25, -0.2) is 9.36 Å². The van der Waals surface area contributed by atoms with E-state index in [1.807, 2.05) is 41.4 Å². The number of anilines is 2. The number of ether oxygens (including phenoxy) is 10. The predicted octanol–water partition coefficient (Wildman–Crippen LogP) is 6.19. The lowest BCUT2D eigenvalue weighted by molar-refractivity contribution is -0.135. The van der Waals surface area contributed by atoms with Crippen LogP contribution < -0.4 is 33.2 Å². The number of benzene rings is 2. The van der Waals surface area contributed by atoms with E-state index >= 15 is 0 Å². The predicted molar refractivity (Wildman–Crippen MR) is 368 cm³/mol. The Morgan fingerprint density at radius 1 is 0.515 bits per heavy atom. The summed E-state index contributed by atoms with van der Waals surface area (Å²) < 4.78 is 58.7. The molecule has 99 heavy (non-hydrogen) atoms. The molecule has 0 bridgehead atoms. The number of carbonyl (C=O) groups excluding carboxylic acids is 5. The molecule has 33 nitrogen and oxygen atoms in total. The van der Waals surface area contributed by atoms with Gasteiger partial charge in [0.05, 0.1) is 162 Å². The third kappa shape index (κ3) is 32.2. The van der Waals surface area contributed by atoms with Crippen molar-refractivity contribution in [2.75, 3.05) is 182 Å². The number of amides is 3. The van der Waals surface area contributed by atoms with Gasteiger partial charge in [-0.1, -0.05) is 37.9 Å². The number of aliphatic carboxylic acids is 1.